The molecule has 0 radical (unpaired) electrons. The Morgan fingerprint density at radius 2 is 1.90 bits per heavy atom. The Kier molecular flexibility index (Phi) is 4.90. The summed E-state index contributed by atoms with van der Waals surface area (Å²) < 4.78 is 1.86. The van der Waals surface area contributed by atoms with Crippen molar-refractivity contribution in [2.45, 2.75) is 47.1 Å². The summed E-state index contributed by atoms with van der Waals surface area (Å²) in [6.07, 6.45) is 2.36. The molecule has 0 amide bonds. The molecule has 0 aliphatic carbocycles. The van der Waals surface area contributed by atoms with Crippen molar-refractivity contribution in [3.8, 4) is 17.3 Å². The van der Waals surface area contributed by atoms with Gasteiger partial charge in [-0.05, 0) is 38.1 Å². The number of rotatable bonds is 4. The zero-order valence-corrected chi connectivity index (χ0v) is 18.1. The predicted octanol–water partition coefficient (Wildman–Crippen LogP) is 5.29. The Morgan fingerprint density at radius 1 is 1.10 bits per heavy atom. The van der Waals surface area contributed by atoms with Crippen LogP contribution in [0, 0.1) is 16.7 Å². The molecule has 1 aliphatic rings. The molecule has 0 atom stereocenters. The van der Waals surface area contributed by atoms with Crippen molar-refractivity contribution in [3.63, 3.8) is 0 Å². The highest BCUT2D eigenvalue weighted by Gasteiger charge is 2.26. The highest BCUT2D eigenvalue weighted by atomic mass is 15.2. The van der Waals surface area contributed by atoms with Gasteiger partial charge in [-0.2, -0.15) is 20.6 Å². The van der Waals surface area contributed by atoms with Gasteiger partial charge in [0.05, 0.1) is 34.4 Å². The molecule has 0 saturated heterocycles. The highest BCUT2D eigenvalue weighted by Crippen LogP contribution is 2.31. The molecule has 3 aromatic rings. The molecule has 152 valence electrons. The Bertz CT molecular complexity index is 1210. The number of nitrogens with one attached hydrogen (secondary N) is 1. The molecule has 0 saturated carbocycles. The number of nitrogens with zero attached hydrogens (tertiary/aromatic N) is 5. The van der Waals surface area contributed by atoms with Crippen LogP contribution in [0.4, 0.5) is 5.69 Å². The summed E-state index contributed by atoms with van der Waals surface area (Å²) in [6.45, 7) is 10.8. The summed E-state index contributed by atoms with van der Waals surface area (Å²) in [7, 11) is 0. The summed E-state index contributed by atoms with van der Waals surface area (Å²) in [4.78, 5) is 0. The zero-order valence-electron chi connectivity index (χ0n) is 18.1. The van der Waals surface area contributed by atoms with Gasteiger partial charge in [-0.25, -0.2) is 4.52 Å². The fourth-order valence-electron chi connectivity index (χ4n) is 3.58. The molecule has 2 aromatic heterocycles. The van der Waals surface area contributed by atoms with E-state index >= 15 is 0 Å². The number of aromatic nitrogens is 2. The number of anilines is 1. The van der Waals surface area contributed by atoms with Crippen LogP contribution >= 0.6 is 0 Å². The van der Waals surface area contributed by atoms with Crippen molar-refractivity contribution in [1.29, 1.82) is 5.26 Å². The molecule has 1 aromatic carbocycles. The Morgan fingerprint density at radius 3 is 2.57 bits per heavy atom. The zero-order chi connectivity index (χ0) is 21.5. The second-order valence-electron chi connectivity index (χ2n) is 8.99. The molecule has 3 heterocycles. The van der Waals surface area contributed by atoms with E-state index in [9.17, 15) is 0 Å². The van der Waals surface area contributed by atoms with Gasteiger partial charge in [0.1, 0.15) is 6.07 Å². The van der Waals surface area contributed by atoms with E-state index in [0.29, 0.717) is 5.56 Å². The average Bonchev–Trinajstić information content (AvgIpc) is 3.34. The minimum absolute atomic E-state index is 0.00955. The van der Waals surface area contributed by atoms with Gasteiger partial charge in [-0.3, -0.25) is 0 Å². The molecule has 1 N–H and O–H groups in total. The molecule has 0 bridgehead atoms. The van der Waals surface area contributed by atoms with Gasteiger partial charge in [-0.1, -0.05) is 32.9 Å². The van der Waals surface area contributed by atoms with Crippen molar-refractivity contribution < 1.29 is 0 Å². The van der Waals surface area contributed by atoms with Crippen LogP contribution in [0.3, 0.4) is 0 Å². The quantitative estimate of drug-likeness (QED) is 0.649. The summed E-state index contributed by atoms with van der Waals surface area (Å²) in [5.41, 5.74) is 7.70. The first-order valence-electron chi connectivity index (χ1n) is 10.2. The van der Waals surface area contributed by atoms with Gasteiger partial charge in [0.15, 0.2) is 0 Å². The lowest BCUT2D eigenvalue weighted by molar-refractivity contribution is 0.585. The first-order valence-corrected chi connectivity index (χ1v) is 10.2. The third-order valence-electron chi connectivity index (χ3n) is 5.19. The topological polar surface area (TPSA) is 77.8 Å². The van der Waals surface area contributed by atoms with Crippen molar-refractivity contribution in [3.05, 3.63) is 53.7 Å². The van der Waals surface area contributed by atoms with Crippen molar-refractivity contribution in [2.75, 3.05) is 5.32 Å². The van der Waals surface area contributed by atoms with E-state index in [2.05, 4.69) is 79.5 Å². The summed E-state index contributed by atoms with van der Waals surface area (Å²) in [5.74, 6) is 0. The first-order chi connectivity index (χ1) is 14.3. The van der Waals surface area contributed by atoms with E-state index < -0.39 is 0 Å². The molecular formula is C24H26N6. The van der Waals surface area contributed by atoms with Crippen LogP contribution in [0.25, 0.3) is 16.8 Å². The molecule has 6 heteroatoms. The summed E-state index contributed by atoms with van der Waals surface area (Å²) in [5, 5.41) is 26.1. The van der Waals surface area contributed by atoms with E-state index in [0.717, 1.165) is 45.9 Å². The van der Waals surface area contributed by atoms with Crippen LogP contribution in [0.5, 0.6) is 0 Å². The van der Waals surface area contributed by atoms with E-state index in [-0.39, 0.29) is 11.5 Å². The van der Waals surface area contributed by atoms with Crippen LogP contribution in [-0.4, -0.2) is 27.1 Å². The largest absolute Gasteiger partial charge is 0.382 e. The van der Waals surface area contributed by atoms with Crippen LogP contribution in [0.1, 0.15) is 52.2 Å². The summed E-state index contributed by atoms with van der Waals surface area (Å²) >= 11 is 0. The third kappa shape index (κ3) is 3.71. The summed E-state index contributed by atoms with van der Waals surface area (Å²) in [6, 6.07) is 14.6. The van der Waals surface area contributed by atoms with E-state index in [1.807, 2.05) is 22.7 Å². The molecule has 0 unspecified atom stereocenters. The lowest BCUT2D eigenvalue weighted by Gasteiger charge is -2.19. The van der Waals surface area contributed by atoms with Gasteiger partial charge >= 0.3 is 0 Å². The molecule has 0 spiro atoms. The standard InChI is InChI=1S/C24H26N6/c1-15(2)27-20-11-17(22-9-7-18-10-16(13-25)14-26-30(18)22)6-8-19(20)21-12-23(29-28-21)24(3,4)5/h6-11,14-15,27H,12H2,1-5H3. The second-order valence-corrected chi connectivity index (χ2v) is 8.99. The van der Waals surface area contributed by atoms with Gasteiger partial charge in [-0.15, -0.1) is 0 Å². The average molecular weight is 399 g/mol. The van der Waals surface area contributed by atoms with Gasteiger partial charge in [0.2, 0.25) is 0 Å². The third-order valence-corrected chi connectivity index (χ3v) is 5.19. The number of fused-ring (bicyclic) bond motifs is 1. The van der Waals surface area contributed by atoms with Crippen LogP contribution in [0.2, 0.25) is 0 Å². The lowest BCUT2D eigenvalue weighted by atomic mass is 9.86. The molecule has 4 rings (SSSR count). The SMILES string of the molecule is CC(C)Nc1cc(-c2ccc3cc(C#N)cnn23)ccc1C1=NN=C(C(C)(C)C)C1. The second kappa shape index (κ2) is 7.42. The number of hydrogen-bond donors (Lipinski definition) is 1. The Hall–Kier alpha value is -3.46. The van der Waals surface area contributed by atoms with Gasteiger partial charge in [0, 0.05) is 34.7 Å². The van der Waals surface area contributed by atoms with Crippen molar-refractivity contribution in [1.82, 2.24) is 9.61 Å². The molecular weight excluding hydrogens is 372 g/mol. The van der Waals surface area contributed by atoms with Crippen molar-refractivity contribution >= 4 is 22.6 Å². The maximum atomic E-state index is 9.12. The molecule has 30 heavy (non-hydrogen) atoms. The maximum Gasteiger partial charge on any atom is 0.101 e. The maximum absolute atomic E-state index is 9.12. The minimum Gasteiger partial charge on any atom is -0.382 e. The molecule has 6 nitrogen and oxygen atoms in total. The van der Waals surface area contributed by atoms with Crippen LogP contribution in [0.15, 0.2) is 52.8 Å². The predicted molar refractivity (Wildman–Crippen MR) is 122 cm³/mol. The van der Waals surface area contributed by atoms with Crippen molar-refractivity contribution in [2.24, 2.45) is 15.6 Å². The van der Waals surface area contributed by atoms with Crippen LogP contribution < -0.4 is 5.32 Å². The lowest BCUT2D eigenvalue weighted by Crippen LogP contribution is -2.21. The Balaban J connectivity index is 1.74. The number of hydrogen-bond acceptors (Lipinski definition) is 5. The fourth-order valence-corrected chi connectivity index (χ4v) is 3.58. The monoisotopic (exact) mass is 398 g/mol. The Labute approximate surface area is 177 Å². The first kappa shape index (κ1) is 19.8. The minimum atomic E-state index is 0.00955. The van der Waals surface area contributed by atoms with E-state index in [4.69, 9.17) is 5.26 Å². The molecule has 0 fully saturated rings. The van der Waals surface area contributed by atoms with Gasteiger partial charge < -0.3 is 5.32 Å². The normalized spacial score (nSPS) is 14.0. The smallest absolute Gasteiger partial charge is 0.101 e. The molecule has 1 aliphatic heterocycles. The van der Waals surface area contributed by atoms with Crippen LogP contribution in [-0.2, 0) is 0 Å². The van der Waals surface area contributed by atoms with E-state index in [1.165, 1.54) is 0 Å². The fraction of sp³-hybridized carbons (Fsp3) is 0.333. The van der Waals surface area contributed by atoms with E-state index in [1.54, 1.807) is 6.20 Å². The number of benzene rings is 1. The van der Waals surface area contributed by atoms with Gasteiger partial charge in [0.25, 0.3) is 0 Å². The number of nitriles is 1. The highest BCUT2D eigenvalue weighted by molar-refractivity contribution is 6.18.